The van der Waals surface area contributed by atoms with Crippen LogP contribution in [0.1, 0.15) is 24.8 Å². The highest BCUT2D eigenvalue weighted by Crippen LogP contribution is 2.29. The van der Waals surface area contributed by atoms with Gasteiger partial charge < -0.3 is 20.7 Å². The van der Waals surface area contributed by atoms with Crippen LogP contribution >= 0.6 is 11.6 Å². The Kier molecular flexibility index (Phi) is 9.43. The number of morpholine rings is 1. The van der Waals surface area contributed by atoms with E-state index in [0.29, 0.717) is 18.1 Å². The van der Waals surface area contributed by atoms with Crippen molar-refractivity contribution in [3.8, 4) is 0 Å². The number of carbonyl (C=O) groups excluding carboxylic acids is 1. The molecule has 2 saturated heterocycles. The maximum Gasteiger partial charge on any atom is 0.238 e. The molecule has 0 saturated carbocycles. The number of pyridine rings is 1. The quantitative estimate of drug-likeness (QED) is 0.330. The smallest absolute Gasteiger partial charge is 0.238 e. The fourth-order valence-corrected chi connectivity index (χ4v) is 5.31. The van der Waals surface area contributed by atoms with Crippen LogP contribution in [0.3, 0.4) is 0 Å². The van der Waals surface area contributed by atoms with Crippen LogP contribution in [-0.4, -0.2) is 79.7 Å². The molecule has 202 valence electrons. The number of nitrogens with zero attached hydrogens (tertiary/aromatic N) is 3. The van der Waals surface area contributed by atoms with E-state index >= 15 is 0 Å². The molecule has 2 aromatic carbocycles. The number of rotatable bonds is 10. The maximum atomic E-state index is 12.9. The highest BCUT2D eigenvalue weighted by molar-refractivity contribution is 6.31. The van der Waals surface area contributed by atoms with Crippen LogP contribution in [0, 0.1) is 0 Å². The van der Waals surface area contributed by atoms with Crippen molar-refractivity contribution >= 4 is 45.5 Å². The molecule has 0 unspecified atom stereocenters. The van der Waals surface area contributed by atoms with Gasteiger partial charge in [-0.25, -0.2) is 0 Å². The fourth-order valence-electron chi connectivity index (χ4n) is 5.14. The van der Waals surface area contributed by atoms with Crippen molar-refractivity contribution < 1.29 is 9.53 Å². The van der Waals surface area contributed by atoms with Crippen molar-refractivity contribution in [2.24, 2.45) is 0 Å². The first-order chi connectivity index (χ1) is 18.6. The molecule has 3 N–H and O–H groups in total. The minimum atomic E-state index is 0.0271. The summed E-state index contributed by atoms with van der Waals surface area (Å²) in [4.78, 5) is 22.0. The van der Waals surface area contributed by atoms with Crippen LogP contribution < -0.4 is 16.0 Å². The molecule has 0 atom stereocenters. The molecule has 0 aliphatic carbocycles. The summed E-state index contributed by atoms with van der Waals surface area (Å²) >= 11 is 6.18. The lowest BCUT2D eigenvalue weighted by molar-refractivity contribution is -0.117. The van der Waals surface area contributed by atoms with E-state index in [2.05, 4.69) is 42.9 Å². The Morgan fingerprint density at radius 3 is 2.61 bits per heavy atom. The number of benzene rings is 2. The molecule has 8 nitrogen and oxygen atoms in total. The summed E-state index contributed by atoms with van der Waals surface area (Å²) in [7, 11) is 0. The highest BCUT2D eigenvalue weighted by Gasteiger charge is 2.15. The van der Waals surface area contributed by atoms with E-state index in [1.807, 2.05) is 30.3 Å². The van der Waals surface area contributed by atoms with Crippen LogP contribution in [0.5, 0.6) is 0 Å². The molecule has 0 spiro atoms. The van der Waals surface area contributed by atoms with Gasteiger partial charge in [-0.05, 0) is 74.0 Å². The summed E-state index contributed by atoms with van der Waals surface area (Å²) in [5.74, 6) is 0.0271. The third kappa shape index (κ3) is 7.65. The Labute approximate surface area is 229 Å². The lowest BCUT2D eigenvalue weighted by Gasteiger charge is -2.26. The van der Waals surface area contributed by atoms with Gasteiger partial charge in [0.15, 0.2) is 0 Å². The summed E-state index contributed by atoms with van der Waals surface area (Å²) in [6.07, 6.45) is 5.36. The third-order valence-electron chi connectivity index (χ3n) is 7.11. The first-order valence-electron chi connectivity index (χ1n) is 13.6. The van der Waals surface area contributed by atoms with E-state index in [9.17, 15) is 4.79 Å². The number of carbonyl (C=O) groups is 1. The average molecular weight is 537 g/mol. The second-order valence-corrected chi connectivity index (χ2v) is 10.5. The van der Waals surface area contributed by atoms with Gasteiger partial charge in [0.1, 0.15) is 0 Å². The van der Waals surface area contributed by atoms with Crippen molar-refractivity contribution in [3.63, 3.8) is 0 Å². The molecule has 1 amide bonds. The number of nitrogens with one attached hydrogen (secondary N) is 3. The second-order valence-electron chi connectivity index (χ2n) is 10.1. The number of hydrogen-bond donors (Lipinski definition) is 3. The molecule has 5 rings (SSSR count). The third-order valence-corrected chi connectivity index (χ3v) is 7.35. The Hall–Kier alpha value is -2.75. The SMILES string of the molecule is O=C(CN1CCCCC1)Nc1cc(CNCCN2CCOCC2)cc(Nc2ccnc3cc(Cl)ccc23)c1. The number of ether oxygens (including phenoxy) is 1. The van der Waals surface area contributed by atoms with Crippen LogP contribution in [0.25, 0.3) is 10.9 Å². The largest absolute Gasteiger partial charge is 0.379 e. The first kappa shape index (κ1) is 26.8. The van der Waals surface area contributed by atoms with Crippen LogP contribution in [-0.2, 0) is 16.1 Å². The number of likely N-dealkylation sites (tertiary alicyclic amines) is 1. The monoisotopic (exact) mass is 536 g/mol. The molecular formula is C29H37ClN6O2. The number of fused-ring (bicyclic) bond motifs is 1. The molecule has 2 aliphatic rings. The van der Waals surface area contributed by atoms with Gasteiger partial charge in [0.05, 0.1) is 25.3 Å². The number of amides is 1. The number of anilines is 3. The van der Waals surface area contributed by atoms with Gasteiger partial charge in [-0.15, -0.1) is 0 Å². The Morgan fingerprint density at radius 1 is 0.947 bits per heavy atom. The average Bonchev–Trinajstić information content (AvgIpc) is 2.92. The lowest BCUT2D eigenvalue weighted by atomic mass is 10.1. The predicted octanol–water partition coefficient (Wildman–Crippen LogP) is 4.48. The molecule has 1 aromatic heterocycles. The first-order valence-corrected chi connectivity index (χ1v) is 14.0. The van der Waals surface area contributed by atoms with Crippen molar-refractivity contribution in [2.45, 2.75) is 25.8 Å². The van der Waals surface area contributed by atoms with Gasteiger partial charge in [-0.2, -0.15) is 0 Å². The molecule has 9 heteroatoms. The van der Waals surface area contributed by atoms with Gasteiger partial charge >= 0.3 is 0 Å². The molecule has 0 radical (unpaired) electrons. The van der Waals surface area contributed by atoms with Crippen LogP contribution in [0.2, 0.25) is 5.02 Å². The standard InChI is InChI=1S/C29H37ClN6O2/c30-23-4-5-26-27(6-7-32-28(26)18-23)33-24-16-22(20-31-8-11-35-12-14-38-15-13-35)17-25(19-24)34-29(37)21-36-9-2-1-3-10-36/h4-7,16-19,31H,1-3,8-15,20-21H2,(H,32,33)(H,34,37). The normalized spacial score (nSPS) is 17.0. The topological polar surface area (TPSA) is 81.8 Å². The van der Waals surface area contributed by atoms with Crippen molar-refractivity contribution in [2.75, 3.05) is 69.7 Å². The van der Waals surface area contributed by atoms with E-state index in [1.165, 1.54) is 6.42 Å². The minimum absolute atomic E-state index is 0.0271. The molecule has 2 aliphatic heterocycles. The van der Waals surface area contributed by atoms with Crippen LogP contribution in [0.4, 0.5) is 17.1 Å². The minimum Gasteiger partial charge on any atom is -0.379 e. The van der Waals surface area contributed by atoms with Crippen molar-refractivity contribution in [3.05, 3.63) is 59.2 Å². The van der Waals surface area contributed by atoms with Crippen molar-refractivity contribution in [1.82, 2.24) is 20.1 Å². The summed E-state index contributed by atoms with van der Waals surface area (Å²) in [6, 6.07) is 13.9. The summed E-state index contributed by atoms with van der Waals surface area (Å²) in [5, 5.41) is 11.9. The van der Waals surface area contributed by atoms with Crippen molar-refractivity contribution in [1.29, 1.82) is 0 Å². The van der Waals surface area contributed by atoms with E-state index in [0.717, 1.165) is 98.9 Å². The van der Waals surface area contributed by atoms with Gasteiger partial charge in [0, 0.05) is 66.4 Å². The molecule has 3 heterocycles. The lowest BCUT2D eigenvalue weighted by Crippen LogP contribution is -2.40. The Balaban J connectivity index is 1.29. The molecular weight excluding hydrogens is 500 g/mol. The number of hydrogen-bond acceptors (Lipinski definition) is 7. The Bertz CT molecular complexity index is 1230. The van der Waals surface area contributed by atoms with E-state index in [1.54, 1.807) is 6.20 Å². The Morgan fingerprint density at radius 2 is 1.76 bits per heavy atom. The van der Waals surface area contributed by atoms with Gasteiger partial charge in [0.2, 0.25) is 5.91 Å². The van der Waals surface area contributed by atoms with Crippen LogP contribution in [0.15, 0.2) is 48.7 Å². The zero-order valence-electron chi connectivity index (χ0n) is 21.8. The number of piperidine rings is 1. The molecule has 38 heavy (non-hydrogen) atoms. The van der Waals surface area contributed by atoms with E-state index < -0.39 is 0 Å². The van der Waals surface area contributed by atoms with E-state index in [-0.39, 0.29) is 5.91 Å². The second kappa shape index (κ2) is 13.4. The number of halogens is 1. The molecule has 0 bridgehead atoms. The maximum absolute atomic E-state index is 12.9. The van der Waals surface area contributed by atoms with Gasteiger partial charge in [-0.3, -0.25) is 19.6 Å². The highest BCUT2D eigenvalue weighted by atomic mass is 35.5. The van der Waals surface area contributed by atoms with E-state index in [4.69, 9.17) is 16.3 Å². The van der Waals surface area contributed by atoms with Gasteiger partial charge in [-0.1, -0.05) is 18.0 Å². The summed E-state index contributed by atoms with van der Waals surface area (Å²) in [6.45, 7) is 8.60. The number of aromatic nitrogens is 1. The zero-order valence-corrected chi connectivity index (χ0v) is 22.6. The van der Waals surface area contributed by atoms with Gasteiger partial charge in [0.25, 0.3) is 0 Å². The summed E-state index contributed by atoms with van der Waals surface area (Å²) in [5.41, 5.74) is 4.58. The molecule has 2 fully saturated rings. The predicted molar refractivity (Wildman–Crippen MR) is 154 cm³/mol. The summed E-state index contributed by atoms with van der Waals surface area (Å²) < 4.78 is 5.45. The zero-order chi connectivity index (χ0) is 26.2. The fraction of sp³-hybridized carbons (Fsp3) is 0.448. The molecule has 3 aromatic rings.